The minimum atomic E-state index is -0.404. The van der Waals surface area contributed by atoms with E-state index in [9.17, 15) is 10.1 Å². The summed E-state index contributed by atoms with van der Waals surface area (Å²) in [5, 5.41) is 14.7. The Morgan fingerprint density at radius 1 is 1.30 bits per heavy atom. The van der Waals surface area contributed by atoms with Crippen LogP contribution in [0.25, 0.3) is 0 Å². The summed E-state index contributed by atoms with van der Waals surface area (Å²) in [4.78, 5) is 10.4. The molecule has 0 aliphatic rings. The summed E-state index contributed by atoms with van der Waals surface area (Å²) in [6.45, 7) is 2.46. The minimum absolute atomic E-state index is 0.0685. The number of hydrogen-bond acceptors (Lipinski definition) is 3. The van der Waals surface area contributed by atoms with Crippen molar-refractivity contribution in [2.45, 2.75) is 13.5 Å². The zero-order valence-electron chi connectivity index (χ0n) is 10.7. The fourth-order valence-electron chi connectivity index (χ4n) is 1.82. The molecule has 4 nitrogen and oxygen atoms in total. The van der Waals surface area contributed by atoms with E-state index in [0.717, 1.165) is 16.8 Å². The monoisotopic (exact) mass is 354 g/mol. The molecule has 0 saturated carbocycles. The van der Waals surface area contributed by atoms with Gasteiger partial charge >= 0.3 is 0 Å². The van der Waals surface area contributed by atoms with Crippen molar-refractivity contribution in [2.75, 3.05) is 5.32 Å². The second kappa shape index (κ2) is 6.24. The Bertz CT molecular complexity index is 662. The van der Waals surface area contributed by atoms with Crippen LogP contribution < -0.4 is 5.32 Å². The molecule has 0 atom stereocenters. The van der Waals surface area contributed by atoms with Gasteiger partial charge < -0.3 is 5.32 Å². The summed E-state index contributed by atoms with van der Waals surface area (Å²) in [5.41, 5.74) is 2.88. The fraction of sp³-hybridized carbons (Fsp3) is 0.143. The quantitative estimate of drug-likeness (QED) is 0.625. The number of aryl methyl sites for hydroxylation is 1. The summed E-state index contributed by atoms with van der Waals surface area (Å²) in [5.74, 6) is 0. The van der Waals surface area contributed by atoms with Crippen molar-refractivity contribution in [3.63, 3.8) is 0 Å². The molecule has 0 aromatic heterocycles. The molecule has 104 valence electrons. The Labute approximate surface area is 130 Å². The van der Waals surface area contributed by atoms with Gasteiger partial charge in [0.05, 0.1) is 4.92 Å². The van der Waals surface area contributed by atoms with Gasteiger partial charge in [0.25, 0.3) is 5.69 Å². The second-order valence-corrected chi connectivity index (χ2v) is 5.74. The third-order valence-corrected chi connectivity index (χ3v) is 3.53. The van der Waals surface area contributed by atoms with E-state index < -0.39 is 4.92 Å². The number of rotatable bonds is 4. The Balaban J connectivity index is 2.18. The number of halogens is 2. The van der Waals surface area contributed by atoms with Crippen LogP contribution in [0.15, 0.2) is 40.9 Å². The predicted octanol–water partition coefficient (Wildman–Crippen LogP) is 4.93. The van der Waals surface area contributed by atoms with Gasteiger partial charge in [-0.2, -0.15) is 0 Å². The lowest BCUT2D eigenvalue weighted by Gasteiger charge is -2.10. The van der Waals surface area contributed by atoms with Crippen LogP contribution in [0.1, 0.15) is 11.1 Å². The van der Waals surface area contributed by atoms with Crippen LogP contribution >= 0.6 is 27.5 Å². The van der Waals surface area contributed by atoms with Gasteiger partial charge in [0.15, 0.2) is 0 Å². The summed E-state index contributed by atoms with van der Waals surface area (Å²) in [7, 11) is 0. The topological polar surface area (TPSA) is 55.2 Å². The van der Waals surface area contributed by atoms with E-state index in [1.807, 2.05) is 31.2 Å². The first-order chi connectivity index (χ1) is 9.45. The number of benzene rings is 2. The number of nitrogens with one attached hydrogen (secondary N) is 1. The first kappa shape index (κ1) is 14.8. The summed E-state index contributed by atoms with van der Waals surface area (Å²) in [6, 6.07) is 10.5. The lowest BCUT2D eigenvalue weighted by molar-refractivity contribution is -0.385. The Kier molecular flexibility index (Phi) is 4.62. The smallest absolute Gasteiger partial charge is 0.270 e. The summed E-state index contributed by atoms with van der Waals surface area (Å²) < 4.78 is 0.686. The van der Waals surface area contributed by atoms with Gasteiger partial charge in [0.1, 0.15) is 0 Å². The van der Waals surface area contributed by atoms with Crippen molar-refractivity contribution in [1.29, 1.82) is 0 Å². The van der Waals surface area contributed by atoms with E-state index >= 15 is 0 Å². The van der Waals surface area contributed by atoms with Crippen LogP contribution in [0.4, 0.5) is 11.4 Å². The maximum atomic E-state index is 10.8. The second-order valence-electron chi connectivity index (χ2n) is 4.39. The molecule has 0 aliphatic heterocycles. The molecule has 0 aliphatic carbocycles. The van der Waals surface area contributed by atoms with Gasteiger partial charge in [0.2, 0.25) is 0 Å². The summed E-state index contributed by atoms with van der Waals surface area (Å²) in [6.07, 6.45) is 0. The number of nitro groups is 1. The number of non-ortho nitro benzene ring substituents is 1. The van der Waals surface area contributed by atoms with Crippen LogP contribution in [0.5, 0.6) is 0 Å². The molecular formula is C14H12BrClN2O2. The SMILES string of the molecule is Cc1ccc(Cl)cc1NCc1cc(Br)cc([N+](=O)[O-])c1. The van der Waals surface area contributed by atoms with E-state index in [1.165, 1.54) is 6.07 Å². The molecule has 2 aromatic rings. The largest absolute Gasteiger partial charge is 0.381 e. The number of hydrogen-bond donors (Lipinski definition) is 1. The van der Waals surface area contributed by atoms with Crippen molar-refractivity contribution >= 4 is 38.9 Å². The van der Waals surface area contributed by atoms with E-state index in [0.29, 0.717) is 16.0 Å². The minimum Gasteiger partial charge on any atom is -0.381 e. The molecule has 6 heteroatoms. The average Bonchev–Trinajstić information content (AvgIpc) is 2.39. The van der Waals surface area contributed by atoms with Crippen molar-refractivity contribution in [3.8, 4) is 0 Å². The van der Waals surface area contributed by atoms with E-state index in [4.69, 9.17) is 11.6 Å². The van der Waals surface area contributed by atoms with Gasteiger partial charge in [0, 0.05) is 33.9 Å². The Morgan fingerprint density at radius 2 is 2.05 bits per heavy atom. The Hall–Kier alpha value is -1.59. The predicted molar refractivity (Wildman–Crippen MR) is 84.3 cm³/mol. The Morgan fingerprint density at radius 3 is 2.75 bits per heavy atom. The van der Waals surface area contributed by atoms with Gasteiger partial charge in [-0.3, -0.25) is 10.1 Å². The normalized spacial score (nSPS) is 10.3. The van der Waals surface area contributed by atoms with Gasteiger partial charge in [-0.05, 0) is 36.2 Å². The fourth-order valence-corrected chi connectivity index (χ4v) is 2.52. The van der Waals surface area contributed by atoms with Gasteiger partial charge in [-0.25, -0.2) is 0 Å². The lowest BCUT2D eigenvalue weighted by atomic mass is 10.1. The molecule has 0 unspecified atom stereocenters. The standard InChI is InChI=1S/C14H12BrClN2O2/c1-9-2-3-12(16)7-14(9)17-8-10-4-11(15)6-13(5-10)18(19)20/h2-7,17H,8H2,1H3. The molecule has 0 heterocycles. The first-order valence-corrected chi connectivity index (χ1v) is 7.06. The zero-order chi connectivity index (χ0) is 14.7. The highest BCUT2D eigenvalue weighted by Gasteiger charge is 2.09. The highest BCUT2D eigenvalue weighted by Crippen LogP contribution is 2.24. The van der Waals surface area contributed by atoms with Crippen LogP contribution in [0.2, 0.25) is 5.02 Å². The van der Waals surface area contributed by atoms with Crippen LogP contribution in [0.3, 0.4) is 0 Å². The average molecular weight is 356 g/mol. The van der Waals surface area contributed by atoms with Crippen molar-refractivity contribution in [2.24, 2.45) is 0 Å². The van der Waals surface area contributed by atoms with Crippen LogP contribution in [-0.4, -0.2) is 4.92 Å². The number of nitrogens with zero attached hydrogens (tertiary/aromatic N) is 1. The van der Waals surface area contributed by atoms with Gasteiger partial charge in [-0.15, -0.1) is 0 Å². The molecule has 0 fully saturated rings. The molecule has 2 aromatic carbocycles. The molecule has 2 rings (SSSR count). The van der Waals surface area contributed by atoms with Crippen LogP contribution in [0, 0.1) is 17.0 Å². The molecule has 20 heavy (non-hydrogen) atoms. The number of anilines is 1. The molecule has 0 radical (unpaired) electrons. The zero-order valence-corrected chi connectivity index (χ0v) is 13.0. The maximum Gasteiger partial charge on any atom is 0.270 e. The third kappa shape index (κ3) is 3.71. The third-order valence-electron chi connectivity index (χ3n) is 2.84. The molecular weight excluding hydrogens is 344 g/mol. The molecule has 0 amide bonds. The lowest BCUT2D eigenvalue weighted by Crippen LogP contribution is -2.02. The highest BCUT2D eigenvalue weighted by molar-refractivity contribution is 9.10. The summed E-state index contributed by atoms with van der Waals surface area (Å²) >= 11 is 9.23. The first-order valence-electron chi connectivity index (χ1n) is 5.89. The molecule has 0 saturated heterocycles. The van der Waals surface area contributed by atoms with E-state index in [-0.39, 0.29) is 5.69 Å². The van der Waals surface area contributed by atoms with Gasteiger partial charge in [-0.1, -0.05) is 33.6 Å². The van der Waals surface area contributed by atoms with Crippen molar-refractivity contribution in [3.05, 3.63) is 67.1 Å². The van der Waals surface area contributed by atoms with Crippen molar-refractivity contribution in [1.82, 2.24) is 0 Å². The molecule has 1 N–H and O–H groups in total. The van der Waals surface area contributed by atoms with E-state index in [2.05, 4.69) is 21.2 Å². The molecule has 0 bridgehead atoms. The maximum absolute atomic E-state index is 10.8. The highest BCUT2D eigenvalue weighted by atomic mass is 79.9. The van der Waals surface area contributed by atoms with Crippen LogP contribution in [-0.2, 0) is 6.54 Å². The number of nitro benzene ring substituents is 1. The molecule has 0 spiro atoms. The van der Waals surface area contributed by atoms with Crippen molar-refractivity contribution < 1.29 is 4.92 Å². The van der Waals surface area contributed by atoms with E-state index in [1.54, 1.807) is 6.07 Å².